The van der Waals surface area contributed by atoms with Crippen molar-refractivity contribution < 1.29 is 17.9 Å². The summed E-state index contributed by atoms with van der Waals surface area (Å²) in [5.74, 6) is -0.239. The molecule has 112 valence electrons. The molecule has 0 radical (unpaired) electrons. The van der Waals surface area contributed by atoms with Gasteiger partial charge >= 0.3 is 6.36 Å². The maximum atomic E-state index is 12.2. The smallest absolute Gasteiger partial charge is 0.406 e. The van der Waals surface area contributed by atoms with E-state index in [0.717, 1.165) is 17.7 Å². The quantitative estimate of drug-likeness (QED) is 0.912. The lowest BCUT2D eigenvalue weighted by molar-refractivity contribution is -0.274. The van der Waals surface area contributed by atoms with E-state index in [1.54, 1.807) is 18.5 Å². The van der Waals surface area contributed by atoms with Crippen LogP contribution in [0.25, 0.3) is 11.1 Å². The number of benzene rings is 1. The zero-order chi connectivity index (χ0) is 15.3. The van der Waals surface area contributed by atoms with Crippen LogP contribution < -0.4 is 10.1 Å². The highest BCUT2D eigenvalue weighted by Gasteiger charge is 2.31. The number of hydrogen-bond donors (Lipinski definition) is 1. The fourth-order valence-corrected chi connectivity index (χ4v) is 1.88. The predicted molar refractivity (Wildman–Crippen MR) is 73.7 cm³/mol. The summed E-state index contributed by atoms with van der Waals surface area (Å²) in [6.45, 7) is 3.49. The van der Waals surface area contributed by atoms with Crippen molar-refractivity contribution in [1.82, 2.24) is 10.3 Å². The molecule has 21 heavy (non-hydrogen) atoms. The van der Waals surface area contributed by atoms with E-state index in [9.17, 15) is 13.2 Å². The Balaban J connectivity index is 2.23. The second-order valence-corrected chi connectivity index (χ2v) is 4.44. The molecular weight excluding hydrogens is 281 g/mol. The van der Waals surface area contributed by atoms with Crippen LogP contribution in [0.4, 0.5) is 13.2 Å². The summed E-state index contributed by atoms with van der Waals surface area (Å²) in [5, 5.41) is 3.17. The first-order valence-electron chi connectivity index (χ1n) is 6.49. The monoisotopic (exact) mass is 296 g/mol. The van der Waals surface area contributed by atoms with Gasteiger partial charge in [0, 0.05) is 24.5 Å². The molecule has 0 fully saturated rings. The van der Waals surface area contributed by atoms with Crippen LogP contribution in [0.2, 0.25) is 0 Å². The number of pyridine rings is 1. The summed E-state index contributed by atoms with van der Waals surface area (Å²) in [4.78, 5) is 4.12. The second kappa shape index (κ2) is 6.58. The molecule has 1 aromatic heterocycles. The van der Waals surface area contributed by atoms with Crippen LogP contribution in [0.3, 0.4) is 0 Å². The Morgan fingerprint density at radius 1 is 1.14 bits per heavy atom. The molecule has 1 aromatic carbocycles. The Labute approximate surface area is 120 Å². The third-order valence-corrected chi connectivity index (χ3v) is 2.77. The van der Waals surface area contributed by atoms with Gasteiger partial charge in [0.05, 0.1) is 0 Å². The minimum Gasteiger partial charge on any atom is -0.406 e. The van der Waals surface area contributed by atoms with Gasteiger partial charge in [-0.1, -0.05) is 19.1 Å². The van der Waals surface area contributed by atoms with Gasteiger partial charge in [-0.25, -0.2) is 0 Å². The molecule has 2 rings (SSSR count). The van der Waals surface area contributed by atoms with Gasteiger partial charge in [0.2, 0.25) is 0 Å². The van der Waals surface area contributed by atoms with Crippen molar-refractivity contribution in [2.45, 2.75) is 19.8 Å². The van der Waals surface area contributed by atoms with Crippen LogP contribution in [0.1, 0.15) is 12.5 Å². The molecule has 1 heterocycles. The van der Waals surface area contributed by atoms with Gasteiger partial charge in [-0.3, -0.25) is 4.98 Å². The summed E-state index contributed by atoms with van der Waals surface area (Å²) in [6, 6.07) is 7.75. The van der Waals surface area contributed by atoms with Gasteiger partial charge in [0.25, 0.3) is 0 Å². The summed E-state index contributed by atoms with van der Waals surface area (Å²) in [6.07, 6.45) is -1.35. The Bertz CT molecular complexity index is 599. The van der Waals surface area contributed by atoms with E-state index >= 15 is 0 Å². The Hall–Kier alpha value is -2.08. The maximum Gasteiger partial charge on any atom is 0.573 e. The molecule has 0 amide bonds. The number of halogens is 3. The number of hydrogen-bond acceptors (Lipinski definition) is 3. The van der Waals surface area contributed by atoms with Crippen molar-refractivity contribution in [3.05, 3.63) is 48.3 Å². The van der Waals surface area contributed by atoms with E-state index in [0.29, 0.717) is 12.1 Å². The zero-order valence-corrected chi connectivity index (χ0v) is 11.4. The average molecular weight is 296 g/mol. The summed E-state index contributed by atoms with van der Waals surface area (Å²) in [5.41, 5.74) is 2.34. The SMILES string of the molecule is CCNCc1cncc(-c2cccc(OC(F)(F)F)c2)c1. The van der Waals surface area contributed by atoms with Gasteiger partial charge in [-0.15, -0.1) is 13.2 Å². The number of nitrogens with zero attached hydrogens (tertiary/aromatic N) is 1. The first-order valence-corrected chi connectivity index (χ1v) is 6.49. The van der Waals surface area contributed by atoms with Crippen LogP contribution in [-0.2, 0) is 6.54 Å². The number of alkyl halides is 3. The van der Waals surface area contributed by atoms with Crippen molar-refractivity contribution >= 4 is 0 Å². The lowest BCUT2D eigenvalue weighted by atomic mass is 10.1. The van der Waals surface area contributed by atoms with Crippen molar-refractivity contribution in [3.63, 3.8) is 0 Å². The highest BCUT2D eigenvalue weighted by Crippen LogP contribution is 2.27. The lowest BCUT2D eigenvalue weighted by Crippen LogP contribution is -2.17. The third-order valence-electron chi connectivity index (χ3n) is 2.77. The first-order chi connectivity index (χ1) is 9.98. The van der Waals surface area contributed by atoms with Gasteiger partial charge in [0.15, 0.2) is 0 Å². The van der Waals surface area contributed by atoms with Gasteiger partial charge in [-0.2, -0.15) is 0 Å². The van der Waals surface area contributed by atoms with Crippen LogP contribution in [0.5, 0.6) is 5.75 Å². The molecule has 3 nitrogen and oxygen atoms in total. The van der Waals surface area contributed by atoms with Crippen LogP contribution >= 0.6 is 0 Å². The largest absolute Gasteiger partial charge is 0.573 e. The van der Waals surface area contributed by atoms with E-state index in [1.807, 2.05) is 13.0 Å². The van der Waals surface area contributed by atoms with Gasteiger partial charge in [0.1, 0.15) is 5.75 Å². The van der Waals surface area contributed by atoms with E-state index in [-0.39, 0.29) is 5.75 Å². The van der Waals surface area contributed by atoms with E-state index < -0.39 is 6.36 Å². The summed E-state index contributed by atoms with van der Waals surface area (Å²) < 4.78 is 40.6. The first kappa shape index (κ1) is 15.3. The molecule has 0 atom stereocenters. The molecule has 0 spiro atoms. The molecule has 0 bridgehead atoms. The van der Waals surface area contributed by atoms with Crippen molar-refractivity contribution in [1.29, 1.82) is 0 Å². The van der Waals surface area contributed by atoms with Gasteiger partial charge in [-0.05, 0) is 35.9 Å². The maximum absolute atomic E-state index is 12.2. The third kappa shape index (κ3) is 4.75. The van der Waals surface area contributed by atoms with Crippen LogP contribution in [-0.4, -0.2) is 17.9 Å². The summed E-state index contributed by atoms with van der Waals surface area (Å²) >= 11 is 0. The molecular formula is C15H15F3N2O. The zero-order valence-electron chi connectivity index (χ0n) is 11.4. The van der Waals surface area contributed by atoms with Crippen LogP contribution in [0.15, 0.2) is 42.7 Å². The van der Waals surface area contributed by atoms with E-state index in [4.69, 9.17) is 0 Å². The van der Waals surface area contributed by atoms with Crippen molar-refractivity contribution in [2.75, 3.05) is 6.54 Å². The molecule has 0 aliphatic rings. The fraction of sp³-hybridized carbons (Fsp3) is 0.267. The van der Waals surface area contributed by atoms with E-state index in [2.05, 4.69) is 15.0 Å². The molecule has 0 aliphatic heterocycles. The minimum atomic E-state index is -4.69. The van der Waals surface area contributed by atoms with Crippen molar-refractivity contribution in [3.8, 4) is 16.9 Å². The van der Waals surface area contributed by atoms with Crippen LogP contribution in [0, 0.1) is 0 Å². The number of ether oxygens (including phenoxy) is 1. The van der Waals surface area contributed by atoms with Crippen molar-refractivity contribution in [2.24, 2.45) is 0 Å². The number of nitrogens with one attached hydrogen (secondary N) is 1. The molecule has 0 saturated heterocycles. The number of rotatable bonds is 5. The predicted octanol–water partition coefficient (Wildman–Crippen LogP) is 3.76. The standard InChI is InChI=1S/C15H15F3N2O/c1-2-19-8-11-6-13(10-20-9-11)12-4-3-5-14(7-12)21-15(16,17)18/h3-7,9-10,19H,2,8H2,1H3. The molecule has 2 aromatic rings. The summed E-state index contributed by atoms with van der Waals surface area (Å²) in [7, 11) is 0. The highest BCUT2D eigenvalue weighted by molar-refractivity contribution is 5.64. The topological polar surface area (TPSA) is 34.2 Å². The number of aromatic nitrogens is 1. The Morgan fingerprint density at radius 3 is 2.67 bits per heavy atom. The molecule has 6 heteroatoms. The average Bonchev–Trinajstić information content (AvgIpc) is 2.44. The normalized spacial score (nSPS) is 11.4. The lowest BCUT2D eigenvalue weighted by Gasteiger charge is -2.10. The minimum absolute atomic E-state index is 0.239. The fourth-order valence-electron chi connectivity index (χ4n) is 1.88. The molecule has 0 aliphatic carbocycles. The van der Waals surface area contributed by atoms with Gasteiger partial charge < -0.3 is 10.1 Å². The second-order valence-electron chi connectivity index (χ2n) is 4.44. The highest BCUT2D eigenvalue weighted by atomic mass is 19.4. The molecule has 0 unspecified atom stereocenters. The Kier molecular flexibility index (Phi) is 4.80. The van der Waals surface area contributed by atoms with E-state index in [1.165, 1.54) is 18.2 Å². The Morgan fingerprint density at radius 2 is 1.95 bits per heavy atom. The molecule has 1 N–H and O–H groups in total. The molecule has 0 saturated carbocycles.